The standard InChI is InChI=1S/C25H32N2O2/c1-25(2,3)29-24(28)26-17-21-15-10-16-27(21)22(18-26)23(19-11-6-4-7-12-19)20-13-8-5-9-14-20/h4-9,11-14,21-23H,10,15-18H2,1-3H3/t21-,22-/m0/s1. The molecule has 0 N–H and O–H groups in total. The van der Waals surface area contributed by atoms with Gasteiger partial charge < -0.3 is 9.64 Å². The first-order valence-corrected chi connectivity index (χ1v) is 10.8. The van der Waals surface area contributed by atoms with Crippen LogP contribution < -0.4 is 0 Å². The van der Waals surface area contributed by atoms with E-state index in [1.807, 2.05) is 25.7 Å². The van der Waals surface area contributed by atoms with Crippen molar-refractivity contribution in [2.24, 2.45) is 0 Å². The summed E-state index contributed by atoms with van der Waals surface area (Å²) in [6.45, 7) is 8.37. The highest BCUT2D eigenvalue weighted by Gasteiger charge is 2.43. The SMILES string of the molecule is CC(C)(C)OC(=O)N1C[C@@H]2CCCN2[C@H](C(c2ccccc2)c2ccccc2)C1. The van der Waals surface area contributed by atoms with E-state index in [0.29, 0.717) is 12.6 Å². The molecule has 0 saturated carbocycles. The molecule has 4 nitrogen and oxygen atoms in total. The number of piperazine rings is 1. The van der Waals surface area contributed by atoms with Crippen molar-refractivity contribution in [2.45, 2.75) is 57.2 Å². The third-order valence-corrected chi connectivity index (χ3v) is 6.04. The summed E-state index contributed by atoms with van der Waals surface area (Å²) in [6.07, 6.45) is 2.15. The van der Waals surface area contributed by atoms with Crippen LogP contribution in [0.1, 0.15) is 50.7 Å². The molecule has 29 heavy (non-hydrogen) atoms. The van der Waals surface area contributed by atoms with E-state index in [-0.39, 0.29) is 18.1 Å². The van der Waals surface area contributed by atoms with E-state index in [9.17, 15) is 4.79 Å². The molecule has 2 saturated heterocycles. The Morgan fingerprint density at radius 2 is 1.55 bits per heavy atom. The molecule has 2 aliphatic rings. The zero-order valence-electron chi connectivity index (χ0n) is 17.8. The van der Waals surface area contributed by atoms with Crippen molar-refractivity contribution in [1.82, 2.24) is 9.80 Å². The third-order valence-electron chi connectivity index (χ3n) is 6.04. The Kier molecular flexibility index (Phi) is 5.64. The van der Waals surface area contributed by atoms with Crippen molar-refractivity contribution in [2.75, 3.05) is 19.6 Å². The molecule has 2 atom stereocenters. The topological polar surface area (TPSA) is 32.8 Å². The fourth-order valence-corrected chi connectivity index (χ4v) is 4.88. The monoisotopic (exact) mass is 392 g/mol. The van der Waals surface area contributed by atoms with Gasteiger partial charge in [-0.1, -0.05) is 60.7 Å². The molecule has 2 aliphatic heterocycles. The van der Waals surface area contributed by atoms with Gasteiger partial charge in [-0.15, -0.1) is 0 Å². The van der Waals surface area contributed by atoms with Gasteiger partial charge in [0.05, 0.1) is 0 Å². The Morgan fingerprint density at radius 1 is 0.966 bits per heavy atom. The molecule has 0 aliphatic carbocycles. The van der Waals surface area contributed by atoms with Gasteiger partial charge in [0.2, 0.25) is 0 Å². The summed E-state index contributed by atoms with van der Waals surface area (Å²) in [6, 6.07) is 22.1. The molecule has 2 aromatic carbocycles. The zero-order chi connectivity index (χ0) is 20.4. The lowest BCUT2D eigenvalue weighted by Crippen LogP contribution is -2.60. The van der Waals surface area contributed by atoms with Crippen LogP contribution in [0.4, 0.5) is 4.79 Å². The lowest BCUT2D eigenvalue weighted by molar-refractivity contribution is -0.00659. The third kappa shape index (κ3) is 4.48. The summed E-state index contributed by atoms with van der Waals surface area (Å²) in [5.74, 6) is 0.225. The van der Waals surface area contributed by atoms with Gasteiger partial charge in [-0.2, -0.15) is 0 Å². The first-order chi connectivity index (χ1) is 13.9. The normalized spacial score (nSPS) is 22.6. The van der Waals surface area contributed by atoms with Crippen molar-refractivity contribution in [3.8, 4) is 0 Å². The average Bonchev–Trinajstić information content (AvgIpc) is 3.17. The van der Waals surface area contributed by atoms with Crippen molar-refractivity contribution in [3.63, 3.8) is 0 Å². The number of ether oxygens (including phenoxy) is 1. The van der Waals surface area contributed by atoms with Crippen LogP contribution in [0.2, 0.25) is 0 Å². The highest BCUT2D eigenvalue weighted by atomic mass is 16.6. The fourth-order valence-electron chi connectivity index (χ4n) is 4.88. The maximum Gasteiger partial charge on any atom is 0.410 e. The van der Waals surface area contributed by atoms with Gasteiger partial charge in [-0.25, -0.2) is 4.79 Å². The molecule has 2 fully saturated rings. The number of carbonyl (C=O) groups is 1. The number of hydrogen-bond acceptors (Lipinski definition) is 3. The summed E-state index contributed by atoms with van der Waals surface area (Å²) in [5.41, 5.74) is 2.14. The number of rotatable bonds is 3. The average molecular weight is 393 g/mol. The second-order valence-corrected chi connectivity index (χ2v) is 9.29. The summed E-state index contributed by atoms with van der Waals surface area (Å²) >= 11 is 0. The minimum absolute atomic E-state index is 0.186. The van der Waals surface area contributed by atoms with E-state index >= 15 is 0 Å². The molecule has 0 radical (unpaired) electrons. The molecule has 2 heterocycles. The molecule has 0 aromatic heterocycles. The Hall–Kier alpha value is -2.33. The summed E-state index contributed by atoms with van der Waals surface area (Å²) in [4.78, 5) is 17.5. The second kappa shape index (κ2) is 8.19. The predicted octanol–water partition coefficient (Wildman–Crippen LogP) is 4.90. The van der Waals surface area contributed by atoms with E-state index in [1.165, 1.54) is 17.5 Å². The van der Waals surface area contributed by atoms with Gasteiger partial charge in [-0.3, -0.25) is 4.90 Å². The maximum atomic E-state index is 12.9. The maximum absolute atomic E-state index is 12.9. The van der Waals surface area contributed by atoms with Gasteiger partial charge in [0.15, 0.2) is 0 Å². The molecule has 0 spiro atoms. The number of benzene rings is 2. The van der Waals surface area contributed by atoms with Crippen molar-refractivity contribution in [3.05, 3.63) is 71.8 Å². The number of carbonyl (C=O) groups excluding carboxylic acids is 1. The van der Waals surface area contributed by atoms with Crippen LogP contribution in [0.5, 0.6) is 0 Å². The Labute approximate surface area is 174 Å². The van der Waals surface area contributed by atoms with E-state index in [4.69, 9.17) is 4.74 Å². The van der Waals surface area contributed by atoms with Gasteiger partial charge in [0.25, 0.3) is 0 Å². The molecule has 4 heteroatoms. The molecule has 0 bridgehead atoms. The van der Waals surface area contributed by atoms with Gasteiger partial charge in [-0.05, 0) is 51.3 Å². The summed E-state index contributed by atoms with van der Waals surface area (Å²) < 4.78 is 5.73. The predicted molar refractivity (Wildman–Crippen MR) is 116 cm³/mol. The Morgan fingerprint density at radius 3 is 2.10 bits per heavy atom. The van der Waals surface area contributed by atoms with Crippen molar-refractivity contribution < 1.29 is 9.53 Å². The molecule has 2 aromatic rings. The molecule has 1 amide bonds. The number of nitrogens with zero attached hydrogens (tertiary/aromatic N) is 2. The van der Waals surface area contributed by atoms with E-state index < -0.39 is 5.60 Å². The molecule has 154 valence electrons. The molecule has 0 unspecified atom stereocenters. The van der Waals surface area contributed by atoms with Crippen molar-refractivity contribution in [1.29, 1.82) is 0 Å². The summed E-state index contributed by atoms with van der Waals surface area (Å²) in [7, 11) is 0. The van der Waals surface area contributed by atoms with Crippen molar-refractivity contribution >= 4 is 6.09 Å². The van der Waals surface area contributed by atoms with Crippen LogP contribution in [0.25, 0.3) is 0 Å². The smallest absolute Gasteiger partial charge is 0.410 e. The minimum atomic E-state index is -0.475. The number of amides is 1. The lowest BCUT2D eigenvalue weighted by atomic mass is 9.82. The van der Waals surface area contributed by atoms with Crippen LogP contribution in [0.15, 0.2) is 60.7 Å². The highest BCUT2D eigenvalue weighted by molar-refractivity contribution is 5.68. The van der Waals surface area contributed by atoms with Crippen LogP contribution in [-0.4, -0.2) is 53.2 Å². The van der Waals surface area contributed by atoms with E-state index in [1.54, 1.807) is 0 Å². The van der Waals surface area contributed by atoms with Crippen LogP contribution >= 0.6 is 0 Å². The van der Waals surface area contributed by atoms with Gasteiger partial charge in [0, 0.05) is 31.1 Å². The summed E-state index contributed by atoms with van der Waals surface area (Å²) in [5, 5.41) is 0. The van der Waals surface area contributed by atoms with Gasteiger partial charge in [0.1, 0.15) is 5.60 Å². The van der Waals surface area contributed by atoms with E-state index in [2.05, 4.69) is 65.6 Å². The van der Waals surface area contributed by atoms with Gasteiger partial charge >= 0.3 is 6.09 Å². The lowest BCUT2D eigenvalue weighted by Gasteiger charge is -2.47. The fraction of sp³-hybridized carbons (Fsp3) is 0.480. The number of fused-ring (bicyclic) bond motifs is 1. The quantitative estimate of drug-likeness (QED) is 0.745. The first kappa shape index (κ1) is 20.0. The van der Waals surface area contributed by atoms with E-state index in [0.717, 1.165) is 19.5 Å². The molecular formula is C25H32N2O2. The zero-order valence-corrected chi connectivity index (χ0v) is 17.8. The number of hydrogen-bond donors (Lipinski definition) is 0. The second-order valence-electron chi connectivity index (χ2n) is 9.29. The Balaban J connectivity index is 1.69. The Bertz CT molecular complexity index is 776. The first-order valence-electron chi connectivity index (χ1n) is 10.8. The van der Waals surface area contributed by atoms with Crippen LogP contribution in [0.3, 0.4) is 0 Å². The molecule has 4 rings (SSSR count). The minimum Gasteiger partial charge on any atom is -0.444 e. The largest absolute Gasteiger partial charge is 0.444 e. The molecular weight excluding hydrogens is 360 g/mol. The van der Waals surface area contributed by atoms with Crippen LogP contribution in [-0.2, 0) is 4.74 Å². The van der Waals surface area contributed by atoms with Crippen LogP contribution in [0, 0.1) is 0 Å². The highest BCUT2D eigenvalue weighted by Crippen LogP contribution is 2.37.